The molecule has 0 radical (unpaired) electrons. The van der Waals surface area contributed by atoms with Gasteiger partial charge in [-0.25, -0.2) is 4.39 Å². The van der Waals surface area contributed by atoms with Gasteiger partial charge in [0.2, 0.25) is 0 Å². The fourth-order valence-electron chi connectivity index (χ4n) is 1.64. The molecular weight excluding hydrogens is 269 g/mol. The zero-order valence-corrected chi connectivity index (χ0v) is 11.5. The minimum absolute atomic E-state index is 0.222. The molecule has 0 aromatic heterocycles. The van der Waals surface area contributed by atoms with E-state index in [-0.39, 0.29) is 5.82 Å². The smallest absolute Gasteiger partial charge is 0.127 e. The summed E-state index contributed by atoms with van der Waals surface area (Å²) in [6.45, 7) is 1.99. The molecule has 2 aromatic rings. The van der Waals surface area contributed by atoms with Crippen molar-refractivity contribution in [2.45, 2.75) is 17.6 Å². The molecule has 0 aliphatic heterocycles. The number of hydrogen-bond acceptors (Lipinski definition) is 2. The molecule has 2 aromatic carbocycles. The minimum atomic E-state index is -0.222. The molecular formula is C14H13ClFNS. The molecule has 0 heterocycles. The summed E-state index contributed by atoms with van der Waals surface area (Å²) in [4.78, 5) is 1.10. The highest BCUT2D eigenvalue weighted by molar-refractivity contribution is 7.98. The summed E-state index contributed by atoms with van der Waals surface area (Å²) in [5.74, 6) is 0.331. The van der Waals surface area contributed by atoms with Gasteiger partial charge in [0.15, 0.2) is 0 Å². The summed E-state index contributed by atoms with van der Waals surface area (Å²) in [5.41, 5.74) is 8.15. The lowest BCUT2D eigenvalue weighted by molar-refractivity contribution is 0.617. The van der Waals surface area contributed by atoms with Crippen molar-refractivity contribution in [1.82, 2.24) is 0 Å². The Hall–Kier alpha value is -1.19. The van der Waals surface area contributed by atoms with Crippen LogP contribution < -0.4 is 5.73 Å². The van der Waals surface area contributed by atoms with E-state index >= 15 is 0 Å². The van der Waals surface area contributed by atoms with Crippen molar-refractivity contribution >= 4 is 29.1 Å². The monoisotopic (exact) mass is 281 g/mol. The Morgan fingerprint density at radius 2 is 2.00 bits per heavy atom. The summed E-state index contributed by atoms with van der Waals surface area (Å²) in [6.07, 6.45) is 0. The summed E-state index contributed by atoms with van der Waals surface area (Å²) >= 11 is 7.44. The van der Waals surface area contributed by atoms with Crippen LogP contribution >= 0.6 is 23.4 Å². The van der Waals surface area contributed by atoms with Crippen molar-refractivity contribution in [3.8, 4) is 0 Å². The first kappa shape index (κ1) is 13.2. The first-order valence-corrected chi connectivity index (χ1v) is 6.85. The number of hydrogen-bond donors (Lipinski definition) is 1. The third-order valence-corrected chi connectivity index (χ3v) is 4.05. The standard InChI is InChI=1S/C14H13ClFNS/c1-9-6-12(17)3-5-14(9)18-8-10-7-11(15)2-4-13(10)16/h2-7H,8,17H2,1H3. The van der Waals surface area contributed by atoms with Crippen LogP contribution in [0.25, 0.3) is 0 Å². The average molecular weight is 282 g/mol. The number of nitrogens with two attached hydrogens (primary N) is 1. The van der Waals surface area contributed by atoms with Crippen molar-refractivity contribution in [3.05, 3.63) is 58.4 Å². The highest BCUT2D eigenvalue weighted by Crippen LogP contribution is 2.29. The zero-order valence-electron chi connectivity index (χ0n) is 9.91. The maximum atomic E-state index is 13.5. The normalized spacial score (nSPS) is 10.6. The van der Waals surface area contributed by atoms with Crippen molar-refractivity contribution < 1.29 is 4.39 Å². The fourth-order valence-corrected chi connectivity index (χ4v) is 2.82. The van der Waals surface area contributed by atoms with Crippen molar-refractivity contribution in [2.24, 2.45) is 0 Å². The molecule has 0 amide bonds. The lowest BCUT2D eigenvalue weighted by Crippen LogP contribution is -1.90. The molecule has 4 heteroatoms. The molecule has 0 aliphatic rings. The van der Waals surface area contributed by atoms with Crippen LogP contribution in [0.4, 0.5) is 10.1 Å². The molecule has 18 heavy (non-hydrogen) atoms. The van der Waals surface area contributed by atoms with Gasteiger partial charge in [0.05, 0.1) is 0 Å². The molecule has 0 aliphatic carbocycles. The molecule has 0 atom stereocenters. The van der Waals surface area contributed by atoms with E-state index < -0.39 is 0 Å². The largest absolute Gasteiger partial charge is 0.399 e. The van der Waals surface area contributed by atoms with Gasteiger partial charge in [-0.15, -0.1) is 11.8 Å². The SMILES string of the molecule is Cc1cc(N)ccc1SCc1cc(Cl)ccc1F. The number of anilines is 1. The van der Waals surface area contributed by atoms with Crippen LogP contribution in [0, 0.1) is 12.7 Å². The van der Waals surface area contributed by atoms with Crippen LogP contribution in [0.15, 0.2) is 41.3 Å². The van der Waals surface area contributed by atoms with E-state index in [0.717, 1.165) is 16.1 Å². The third kappa shape index (κ3) is 3.18. The number of nitrogen functional groups attached to an aromatic ring is 1. The minimum Gasteiger partial charge on any atom is -0.399 e. The highest BCUT2D eigenvalue weighted by Gasteiger charge is 2.05. The van der Waals surface area contributed by atoms with Gasteiger partial charge in [-0.05, 0) is 54.4 Å². The average Bonchev–Trinajstić information content (AvgIpc) is 2.32. The number of rotatable bonds is 3. The van der Waals surface area contributed by atoms with E-state index in [4.69, 9.17) is 17.3 Å². The van der Waals surface area contributed by atoms with Gasteiger partial charge in [0.1, 0.15) is 5.82 Å². The van der Waals surface area contributed by atoms with E-state index in [1.54, 1.807) is 23.9 Å². The van der Waals surface area contributed by atoms with Gasteiger partial charge in [0.25, 0.3) is 0 Å². The van der Waals surface area contributed by atoms with E-state index in [1.807, 2.05) is 25.1 Å². The second kappa shape index (κ2) is 5.63. The molecule has 0 bridgehead atoms. The predicted octanol–water partition coefficient (Wildman–Crippen LogP) is 4.66. The Morgan fingerprint density at radius 3 is 2.72 bits per heavy atom. The molecule has 0 saturated carbocycles. The van der Waals surface area contributed by atoms with E-state index in [9.17, 15) is 4.39 Å². The molecule has 0 spiro atoms. The predicted molar refractivity (Wildman–Crippen MR) is 76.6 cm³/mol. The van der Waals surface area contributed by atoms with Crippen LogP contribution in [0.2, 0.25) is 5.02 Å². The van der Waals surface area contributed by atoms with Crippen LogP contribution in [0.3, 0.4) is 0 Å². The highest BCUT2D eigenvalue weighted by atomic mass is 35.5. The van der Waals surface area contributed by atoms with Gasteiger partial charge >= 0.3 is 0 Å². The Labute approximate surface area is 115 Å². The van der Waals surface area contributed by atoms with Gasteiger partial charge in [-0.1, -0.05) is 11.6 Å². The second-order valence-electron chi connectivity index (χ2n) is 4.05. The Morgan fingerprint density at radius 1 is 1.22 bits per heavy atom. The maximum absolute atomic E-state index is 13.5. The maximum Gasteiger partial charge on any atom is 0.127 e. The van der Waals surface area contributed by atoms with Crippen LogP contribution in [-0.4, -0.2) is 0 Å². The fraction of sp³-hybridized carbons (Fsp3) is 0.143. The van der Waals surface area contributed by atoms with Gasteiger partial charge in [-0.3, -0.25) is 0 Å². The van der Waals surface area contributed by atoms with Crippen LogP contribution in [0.5, 0.6) is 0 Å². The quantitative estimate of drug-likeness (QED) is 0.654. The van der Waals surface area contributed by atoms with Gasteiger partial charge in [0, 0.05) is 21.4 Å². The van der Waals surface area contributed by atoms with E-state index in [1.165, 1.54) is 6.07 Å². The molecule has 0 unspecified atom stereocenters. The number of aryl methyl sites for hydroxylation is 1. The molecule has 94 valence electrons. The summed E-state index contributed by atoms with van der Waals surface area (Å²) in [6, 6.07) is 10.3. The number of thioether (sulfide) groups is 1. The van der Waals surface area contributed by atoms with Crippen LogP contribution in [-0.2, 0) is 5.75 Å². The van der Waals surface area contributed by atoms with E-state index in [2.05, 4.69) is 0 Å². The lowest BCUT2D eigenvalue weighted by Gasteiger charge is -2.07. The Kier molecular flexibility index (Phi) is 4.15. The summed E-state index contributed by atoms with van der Waals surface area (Å²) < 4.78 is 13.5. The van der Waals surface area contributed by atoms with Crippen molar-refractivity contribution in [3.63, 3.8) is 0 Å². The van der Waals surface area contributed by atoms with Crippen molar-refractivity contribution in [2.75, 3.05) is 5.73 Å². The topological polar surface area (TPSA) is 26.0 Å². The number of halogens is 2. The number of benzene rings is 2. The van der Waals surface area contributed by atoms with Crippen LogP contribution in [0.1, 0.15) is 11.1 Å². The first-order chi connectivity index (χ1) is 8.56. The molecule has 2 N–H and O–H groups in total. The summed E-state index contributed by atoms with van der Waals surface area (Å²) in [7, 11) is 0. The molecule has 0 saturated heterocycles. The van der Waals surface area contributed by atoms with E-state index in [0.29, 0.717) is 16.3 Å². The van der Waals surface area contributed by atoms with Gasteiger partial charge in [-0.2, -0.15) is 0 Å². The molecule has 0 fully saturated rings. The van der Waals surface area contributed by atoms with Gasteiger partial charge < -0.3 is 5.73 Å². The third-order valence-electron chi connectivity index (χ3n) is 2.59. The zero-order chi connectivity index (χ0) is 13.1. The Balaban J connectivity index is 2.13. The Bertz CT molecular complexity index is 572. The first-order valence-electron chi connectivity index (χ1n) is 5.49. The lowest BCUT2D eigenvalue weighted by atomic mass is 10.2. The van der Waals surface area contributed by atoms with Crippen molar-refractivity contribution in [1.29, 1.82) is 0 Å². The molecule has 1 nitrogen and oxygen atoms in total. The molecule has 2 rings (SSSR count). The summed E-state index contributed by atoms with van der Waals surface area (Å²) in [5, 5.41) is 0.557. The second-order valence-corrected chi connectivity index (χ2v) is 5.50.